The molecule has 0 radical (unpaired) electrons. The molecule has 0 spiro atoms. The molecule has 1 amide bonds. The van der Waals surface area contributed by atoms with Gasteiger partial charge in [-0.25, -0.2) is 0 Å². The van der Waals surface area contributed by atoms with Crippen LogP contribution in [0.25, 0.3) is 0 Å². The molecule has 22 heavy (non-hydrogen) atoms. The van der Waals surface area contributed by atoms with Crippen LogP contribution in [0.15, 0.2) is 24.3 Å². The van der Waals surface area contributed by atoms with Crippen molar-refractivity contribution in [1.82, 2.24) is 10.2 Å². The molecule has 1 saturated heterocycles. The lowest BCUT2D eigenvalue weighted by Crippen LogP contribution is -2.54. The number of carbonyl (C=O) groups is 1. The summed E-state index contributed by atoms with van der Waals surface area (Å²) in [5.74, 6) is 0.882. The second kappa shape index (κ2) is 7.49. The maximum atomic E-state index is 12.1. The van der Waals surface area contributed by atoms with Crippen molar-refractivity contribution in [1.29, 1.82) is 0 Å². The number of anilines is 1. The van der Waals surface area contributed by atoms with E-state index in [1.807, 2.05) is 19.1 Å². The lowest BCUT2D eigenvalue weighted by Gasteiger charge is -2.38. The highest BCUT2D eigenvalue weighted by Crippen LogP contribution is 2.20. The van der Waals surface area contributed by atoms with E-state index in [-0.39, 0.29) is 17.7 Å². The van der Waals surface area contributed by atoms with E-state index in [4.69, 9.17) is 0 Å². The Balaban J connectivity index is 1.83. The van der Waals surface area contributed by atoms with Crippen molar-refractivity contribution >= 4 is 11.6 Å². The summed E-state index contributed by atoms with van der Waals surface area (Å²) in [7, 11) is 0. The Labute approximate surface area is 132 Å². The van der Waals surface area contributed by atoms with Gasteiger partial charge < -0.3 is 15.3 Å². The highest BCUT2D eigenvalue weighted by atomic mass is 16.3. The first-order valence-electron chi connectivity index (χ1n) is 8.03. The maximum Gasteiger partial charge on any atom is 0.237 e. The second-order valence-corrected chi connectivity index (χ2v) is 6.35. The molecule has 2 N–H and O–H groups in total. The van der Waals surface area contributed by atoms with Crippen LogP contribution in [0.5, 0.6) is 5.75 Å². The summed E-state index contributed by atoms with van der Waals surface area (Å²) in [5, 5.41) is 12.4. The summed E-state index contributed by atoms with van der Waals surface area (Å²) in [4.78, 5) is 16.7. The minimum Gasteiger partial charge on any atom is -0.508 e. The summed E-state index contributed by atoms with van der Waals surface area (Å²) >= 11 is 0. The zero-order valence-corrected chi connectivity index (χ0v) is 13.7. The van der Waals surface area contributed by atoms with E-state index < -0.39 is 0 Å². The maximum absolute atomic E-state index is 12.1. The minimum atomic E-state index is -0.0827. The Hall–Kier alpha value is -1.75. The van der Waals surface area contributed by atoms with Crippen LogP contribution in [0.3, 0.4) is 0 Å². The van der Waals surface area contributed by atoms with Gasteiger partial charge >= 0.3 is 0 Å². The molecule has 122 valence electrons. The molecule has 0 aliphatic carbocycles. The molecule has 5 nitrogen and oxygen atoms in total. The normalized spacial score (nSPS) is 17.5. The van der Waals surface area contributed by atoms with Crippen molar-refractivity contribution in [3.05, 3.63) is 24.3 Å². The van der Waals surface area contributed by atoms with Crippen molar-refractivity contribution in [3.8, 4) is 5.75 Å². The van der Waals surface area contributed by atoms with Crippen LogP contribution in [0.2, 0.25) is 0 Å². The molecule has 0 unspecified atom stereocenters. The second-order valence-electron chi connectivity index (χ2n) is 6.35. The van der Waals surface area contributed by atoms with Gasteiger partial charge in [0.15, 0.2) is 0 Å². The molecule has 1 aliphatic heterocycles. The molecule has 2 rings (SSSR count). The average Bonchev–Trinajstić information content (AvgIpc) is 2.53. The largest absolute Gasteiger partial charge is 0.508 e. The van der Waals surface area contributed by atoms with Crippen LogP contribution < -0.4 is 10.2 Å². The topological polar surface area (TPSA) is 55.8 Å². The molecular weight excluding hydrogens is 278 g/mol. The predicted octanol–water partition coefficient (Wildman–Crippen LogP) is 1.67. The van der Waals surface area contributed by atoms with E-state index in [1.165, 1.54) is 0 Å². The quantitative estimate of drug-likeness (QED) is 0.869. The van der Waals surface area contributed by atoms with E-state index >= 15 is 0 Å². The number of rotatable bonds is 5. The molecule has 5 heteroatoms. The Kier molecular flexibility index (Phi) is 5.66. The average molecular weight is 305 g/mol. The van der Waals surface area contributed by atoms with Crippen LogP contribution >= 0.6 is 0 Å². The van der Waals surface area contributed by atoms with Crippen molar-refractivity contribution < 1.29 is 9.90 Å². The van der Waals surface area contributed by atoms with Gasteiger partial charge in [-0.2, -0.15) is 0 Å². The molecule has 1 aliphatic rings. The third-order valence-corrected chi connectivity index (χ3v) is 4.14. The first-order chi connectivity index (χ1) is 10.5. The zero-order chi connectivity index (χ0) is 16.1. The number of aromatic hydroxyl groups is 1. The Morgan fingerprint density at radius 1 is 1.14 bits per heavy atom. The molecule has 1 aromatic rings. The van der Waals surface area contributed by atoms with E-state index in [0.29, 0.717) is 5.92 Å². The number of hydrogen-bond donors (Lipinski definition) is 2. The third-order valence-electron chi connectivity index (χ3n) is 4.14. The molecule has 0 aromatic heterocycles. The number of hydrogen-bond acceptors (Lipinski definition) is 4. The molecule has 1 aromatic carbocycles. The number of nitrogens with zero attached hydrogens (tertiary/aromatic N) is 2. The number of piperazine rings is 1. The van der Waals surface area contributed by atoms with Crippen LogP contribution in [-0.2, 0) is 4.79 Å². The van der Waals surface area contributed by atoms with Crippen molar-refractivity contribution in [2.24, 2.45) is 5.92 Å². The van der Waals surface area contributed by atoms with Crippen LogP contribution in [-0.4, -0.2) is 54.7 Å². The van der Waals surface area contributed by atoms with Gasteiger partial charge in [0.2, 0.25) is 5.91 Å². The van der Waals surface area contributed by atoms with Gasteiger partial charge in [0.1, 0.15) is 5.75 Å². The van der Waals surface area contributed by atoms with E-state index in [9.17, 15) is 9.90 Å². The van der Waals surface area contributed by atoms with E-state index in [1.54, 1.807) is 12.1 Å². The third kappa shape index (κ3) is 4.37. The SMILES string of the molecule is CC(C)CNC(=O)[C@H](C)N1CCN(c2ccc(O)cc2)CC1. The molecule has 0 saturated carbocycles. The van der Waals surface area contributed by atoms with Crippen LogP contribution in [0.1, 0.15) is 20.8 Å². The molecule has 1 atom stereocenters. The van der Waals surface area contributed by atoms with Gasteiger partial charge in [-0.15, -0.1) is 0 Å². The summed E-state index contributed by atoms with van der Waals surface area (Å²) in [6, 6.07) is 7.21. The lowest BCUT2D eigenvalue weighted by atomic mass is 10.1. The van der Waals surface area contributed by atoms with Crippen LogP contribution in [0, 0.1) is 5.92 Å². The smallest absolute Gasteiger partial charge is 0.237 e. The van der Waals surface area contributed by atoms with E-state index in [2.05, 4.69) is 29.0 Å². The lowest BCUT2D eigenvalue weighted by molar-refractivity contribution is -0.126. The standard InChI is InChI=1S/C17H27N3O2/c1-13(2)12-18-17(22)14(3)19-8-10-20(11-9-19)15-4-6-16(21)7-5-15/h4-7,13-14,21H,8-12H2,1-3H3,(H,18,22)/t14-/m0/s1. The minimum absolute atomic E-state index is 0.0827. The first kappa shape index (κ1) is 16.6. The van der Waals surface area contributed by atoms with Gasteiger partial charge in [-0.1, -0.05) is 13.8 Å². The fourth-order valence-corrected chi connectivity index (χ4v) is 2.65. The monoisotopic (exact) mass is 305 g/mol. The summed E-state index contributed by atoms with van der Waals surface area (Å²) < 4.78 is 0. The van der Waals surface area contributed by atoms with Crippen molar-refractivity contribution in [2.75, 3.05) is 37.6 Å². The number of phenolic OH excluding ortho intramolecular Hbond substituents is 1. The van der Waals surface area contributed by atoms with Gasteiger partial charge in [-0.3, -0.25) is 9.69 Å². The number of benzene rings is 1. The molecule has 1 heterocycles. The fourth-order valence-electron chi connectivity index (χ4n) is 2.65. The van der Waals surface area contributed by atoms with Crippen molar-refractivity contribution in [2.45, 2.75) is 26.8 Å². The van der Waals surface area contributed by atoms with E-state index in [0.717, 1.165) is 38.4 Å². The molecule has 1 fully saturated rings. The van der Waals surface area contributed by atoms with Gasteiger partial charge in [-0.05, 0) is 37.1 Å². The zero-order valence-electron chi connectivity index (χ0n) is 13.7. The first-order valence-corrected chi connectivity index (χ1v) is 8.03. The number of carbonyl (C=O) groups excluding carboxylic acids is 1. The summed E-state index contributed by atoms with van der Waals surface area (Å²) in [6.45, 7) is 10.4. The van der Waals surface area contributed by atoms with Crippen LogP contribution in [0.4, 0.5) is 5.69 Å². The predicted molar refractivity (Wildman–Crippen MR) is 89.2 cm³/mol. The van der Waals surface area contributed by atoms with Crippen molar-refractivity contribution in [3.63, 3.8) is 0 Å². The van der Waals surface area contributed by atoms with Gasteiger partial charge in [0.25, 0.3) is 0 Å². The van der Waals surface area contributed by atoms with Gasteiger partial charge in [0, 0.05) is 38.4 Å². The number of nitrogens with one attached hydrogen (secondary N) is 1. The highest BCUT2D eigenvalue weighted by Gasteiger charge is 2.25. The molecular formula is C17H27N3O2. The number of phenols is 1. The Bertz CT molecular complexity index is 479. The molecule has 0 bridgehead atoms. The Morgan fingerprint density at radius 3 is 2.27 bits per heavy atom. The number of amides is 1. The summed E-state index contributed by atoms with van der Waals surface area (Å²) in [6.07, 6.45) is 0. The fraction of sp³-hybridized carbons (Fsp3) is 0.588. The summed E-state index contributed by atoms with van der Waals surface area (Å²) in [5.41, 5.74) is 1.12. The Morgan fingerprint density at radius 2 is 1.73 bits per heavy atom. The van der Waals surface area contributed by atoms with Gasteiger partial charge in [0.05, 0.1) is 6.04 Å². The highest BCUT2D eigenvalue weighted by molar-refractivity contribution is 5.81.